The number of hydrogen-bond donors (Lipinski definition) is 1. The van der Waals surface area contributed by atoms with Crippen LogP contribution in [0.1, 0.15) is 52.9 Å². The lowest BCUT2D eigenvalue weighted by Gasteiger charge is -2.20. The van der Waals surface area contributed by atoms with Gasteiger partial charge in [-0.05, 0) is 70.8 Å². The molecule has 2 fully saturated rings. The van der Waals surface area contributed by atoms with Crippen molar-refractivity contribution < 1.29 is 9.53 Å². The fraction of sp³-hybridized carbons (Fsp3) is 0.933. The minimum atomic E-state index is -0.359. The van der Waals surface area contributed by atoms with E-state index >= 15 is 0 Å². The van der Waals surface area contributed by atoms with Gasteiger partial charge >= 0.3 is 5.97 Å². The van der Waals surface area contributed by atoms with Crippen LogP contribution in [0.2, 0.25) is 0 Å². The van der Waals surface area contributed by atoms with Crippen LogP contribution in [0.25, 0.3) is 0 Å². The van der Waals surface area contributed by atoms with Gasteiger partial charge in [0.15, 0.2) is 0 Å². The molecule has 104 valence electrons. The standard InChI is InChI=1S/C15H27NO2/c1-15(2,3)18-14(17)8-9-16-10-13(11-4-5-11)12-6-7-12/h11-13,16H,4-10H2,1-3H3. The zero-order chi connectivity index (χ0) is 13.2. The van der Waals surface area contributed by atoms with E-state index in [4.69, 9.17) is 4.74 Å². The quantitative estimate of drug-likeness (QED) is 0.560. The van der Waals surface area contributed by atoms with Crippen molar-refractivity contribution in [1.82, 2.24) is 5.32 Å². The van der Waals surface area contributed by atoms with Crippen molar-refractivity contribution in [2.24, 2.45) is 17.8 Å². The predicted molar refractivity (Wildman–Crippen MR) is 72.3 cm³/mol. The molecule has 18 heavy (non-hydrogen) atoms. The van der Waals surface area contributed by atoms with Crippen LogP contribution in [0.3, 0.4) is 0 Å². The highest BCUT2D eigenvalue weighted by molar-refractivity contribution is 5.70. The van der Waals surface area contributed by atoms with E-state index in [1.165, 1.54) is 25.7 Å². The molecule has 0 saturated heterocycles. The summed E-state index contributed by atoms with van der Waals surface area (Å²) in [5.41, 5.74) is -0.359. The Hall–Kier alpha value is -0.570. The maximum Gasteiger partial charge on any atom is 0.307 e. The number of hydrogen-bond acceptors (Lipinski definition) is 3. The van der Waals surface area contributed by atoms with Gasteiger partial charge in [-0.15, -0.1) is 0 Å². The van der Waals surface area contributed by atoms with E-state index in [0.29, 0.717) is 6.42 Å². The summed E-state index contributed by atoms with van der Waals surface area (Å²) in [5, 5.41) is 3.44. The molecule has 0 aromatic heterocycles. The molecule has 2 aliphatic carbocycles. The van der Waals surface area contributed by atoms with E-state index in [9.17, 15) is 4.79 Å². The number of carbonyl (C=O) groups is 1. The zero-order valence-corrected chi connectivity index (χ0v) is 12.0. The molecule has 0 aromatic rings. The fourth-order valence-corrected chi connectivity index (χ4v) is 2.62. The largest absolute Gasteiger partial charge is 0.460 e. The van der Waals surface area contributed by atoms with Crippen LogP contribution in [-0.4, -0.2) is 24.7 Å². The summed E-state index contributed by atoms with van der Waals surface area (Å²) in [5.74, 6) is 2.74. The van der Waals surface area contributed by atoms with Crippen molar-refractivity contribution in [2.75, 3.05) is 13.1 Å². The number of carbonyl (C=O) groups excluding carboxylic acids is 1. The molecule has 1 N–H and O–H groups in total. The molecule has 0 atom stereocenters. The SMILES string of the molecule is CC(C)(C)OC(=O)CCNCC(C1CC1)C1CC1. The highest BCUT2D eigenvalue weighted by Gasteiger charge is 2.40. The van der Waals surface area contributed by atoms with Gasteiger partial charge in [0, 0.05) is 6.54 Å². The molecule has 2 rings (SSSR count). The molecule has 0 amide bonds. The second-order valence-corrected chi connectivity index (χ2v) is 6.88. The number of nitrogens with one attached hydrogen (secondary N) is 1. The summed E-state index contributed by atoms with van der Waals surface area (Å²) in [6, 6.07) is 0. The van der Waals surface area contributed by atoms with E-state index in [-0.39, 0.29) is 11.6 Å². The Labute approximate surface area is 111 Å². The van der Waals surface area contributed by atoms with Crippen LogP contribution in [-0.2, 0) is 9.53 Å². The Kier molecular flexibility index (Phi) is 4.31. The van der Waals surface area contributed by atoms with Gasteiger partial charge in [0.1, 0.15) is 5.60 Å². The van der Waals surface area contributed by atoms with Gasteiger partial charge in [-0.1, -0.05) is 0 Å². The molecule has 0 bridgehead atoms. The molecule has 3 heteroatoms. The molecule has 0 radical (unpaired) electrons. The second kappa shape index (κ2) is 5.60. The van der Waals surface area contributed by atoms with Gasteiger partial charge in [-0.3, -0.25) is 4.79 Å². The maximum absolute atomic E-state index is 11.5. The lowest BCUT2D eigenvalue weighted by atomic mass is 9.98. The summed E-state index contributed by atoms with van der Waals surface area (Å²) in [4.78, 5) is 11.5. The Bertz CT molecular complexity index is 275. The van der Waals surface area contributed by atoms with Crippen molar-refractivity contribution in [3.8, 4) is 0 Å². The van der Waals surface area contributed by atoms with Crippen LogP contribution in [0, 0.1) is 17.8 Å². The Morgan fingerprint density at radius 2 is 1.78 bits per heavy atom. The summed E-state index contributed by atoms with van der Waals surface area (Å²) < 4.78 is 5.29. The van der Waals surface area contributed by atoms with Gasteiger partial charge in [0.2, 0.25) is 0 Å². The van der Waals surface area contributed by atoms with Gasteiger partial charge in [-0.2, -0.15) is 0 Å². The molecule has 2 aliphatic rings. The monoisotopic (exact) mass is 253 g/mol. The average Bonchev–Trinajstić information content (AvgIpc) is 3.10. The lowest BCUT2D eigenvalue weighted by molar-refractivity contribution is -0.154. The summed E-state index contributed by atoms with van der Waals surface area (Å²) in [7, 11) is 0. The third-order valence-electron chi connectivity index (χ3n) is 3.76. The molecule has 0 spiro atoms. The Morgan fingerprint density at radius 3 is 2.22 bits per heavy atom. The molecule has 0 aromatic carbocycles. The highest BCUT2D eigenvalue weighted by atomic mass is 16.6. The van der Waals surface area contributed by atoms with Crippen LogP contribution >= 0.6 is 0 Å². The normalized spacial score (nSPS) is 20.2. The van der Waals surface area contributed by atoms with Crippen LogP contribution in [0.4, 0.5) is 0 Å². The minimum Gasteiger partial charge on any atom is -0.460 e. The number of rotatable bonds is 7. The Balaban J connectivity index is 1.56. The van der Waals surface area contributed by atoms with Crippen LogP contribution in [0.5, 0.6) is 0 Å². The van der Waals surface area contributed by atoms with Crippen molar-refractivity contribution in [3.63, 3.8) is 0 Å². The molecule has 0 unspecified atom stereocenters. The fourth-order valence-electron chi connectivity index (χ4n) is 2.62. The first-order valence-corrected chi connectivity index (χ1v) is 7.38. The highest BCUT2D eigenvalue weighted by Crippen LogP contribution is 2.48. The molecular weight excluding hydrogens is 226 g/mol. The van der Waals surface area contributed by atoms with Crippen LogP contribution in [0.15, 0.2) is 0 Å². The average molecular weight is 253 g/mol. The first-order chi connectivity index (χ1) is 8.46. The minimum absolute atomic E-state index is 0.0932. The van der Waals surface area contributed by atoms with Gasteiger partial charge in [-0.25, -0.2) is 0 Å². The van der Waals surface area contributed by atoms with E-state index in [2.05, 4.69) is 5.32 Å². The first kappa shape index (κ1) is 13.9. The van der Waals surface area contributed by atoms with Crippen molar-refractivity contribution in [3.05, 3.63) is 0 Å². The van der Waals surface area contributed by atoms with Crippen LogP contribution < -0.4 is 5.32 Å². The summed E-state index contributed by atoms with van der Waals surface area (Å²) >= 11 is 0. The smallest absolute Gasteiger partial charge is 0.307 e. The predicted octanol–water partition coefficient (Wildman–Crippen LogP) is 2.74. The zero-order valence-electron chi connectivity index (χ0n) is 12.0. The summed E-state index contributed by atoms with van der Waals surface area (Å²) in [6.45, 7) is 7.58. The van der Waals surface area contributed by atoms with E-state index in [0.717, 1.165) is 30.8 Å². The first-order valence-electron chi connectivity index (χ1n) is 7.38. The molecule has 3 nitrogen and oxygen atoms in total. The van der Waals surface area contributed by atoms with E-state index in [1.54, 1.807) is 0 Å². The molecule has 0 aliphatic heterocycles. The van der Waals surface area contributed by atoms with E-state index in [1.807, 2.05) is 20.8 Å². The topological polar surface area (TPSA) is 38.3 Å². The summed E-state index contributed by atoms with van der Waals surface area (Å²) in [6.07, 6.45) is 6.19. The second-order valence-electron chi connectivity index (χ2n) is 6.88. The molecule has 2 saturated carbocycles. The Morgan fingerprint density at radius 1 is 1.22 bits per heavy atom. The number of ether oxygens (including phenoxy) is 1. The third-order valence-corrected chi connectivity index (χ3v) is 3.76. The van der Waals surface area contributed by atoms with Gasteiger partial charge < -0.3 is 10.1 Å². The molecule has 0 heterocycles. The van der Waals surface area contributed by atoms with Gasteiger partial charge in [0.25, 0.3) is 0 Å². The van der Waals surface area contributed by atoms with Crippen molar-refractivity contribution in [2.45, 2.75) is 58.5 Å². The maximum atomic E-state index is 11.5. The van der Waals surface area contributed by atoms with Crippen molar-refractivity contribution >= 4 is 5.97 Å². The molecular formula is C15H27NO2. The van der Waals surface area contributed by atoms with Crippen molar-refractivity contribution in [1.29, 1.82) is 0 Å². The van der Waals surface area contributed by atoms with E-state index < -0.39 is 0 Å². The third kappa shape index (κ3) is 4.97. The number of esters is 1. The lowest BCUT2D eigenvalue weighted by Crippen LogP contribution is -2.30. The van der Waals surface area contributed by atoms with Gasteiger partial charge in [0.05, 0.1) is 6.42 Å².